The summed E-state index contributed by atoms with van der Waals surface area (Å²) >= 11 is 0. The van der Waals surface area contributed by atoms with Gasteiger partial charge in [-0.05, 0) is 46.6 Å². The van der Waals surface area contributed by atoms with Crippen molar-refractivity contribution in [2.75, 3.05) is 26.2 Å². The fourth-order valence-electron chi connectivity index (χ4n) is 3.48. The molecule has 0 atom stereocenters. The third-order valence-electron chi connectivity index (χ3n) is 5.12. The molecular weight excluding hydrogens is 382 g/mol. The molecule has 8 heteroatoms. The molecule has 0 saturated carbocycles. The van der Waals surface area contributed by atoms with Crippen molar-refractivity contribution in [2.45, 2.75) is 66.0 Å². The van der Waals surface area contributed by atoms with E-state index in [0.717, 1.165) is 16.7 Å². The maximum atomic E-state index is 13.4. The minimum atomic E-state index is -0.531. The molecule has 0 N–H and O–H groups in total. The van der Waals surface area contributed by atoms with Gasteiger partial charge in [0.15, 0.2) is 5.65 Å². The first kappa shape index (κ1) is 22.1. The first-order valence-electron chi connectivity index (χ1n) is 10.6. The topological polar surface area (TPSA) is 80.6 Å². The van der Waals surface area contributed by atoms with E-state index in [9.17, 15) is 9.59 Å². The van der Waals surface area contributed by atoms with Crippen molar-refractivity contribution in [1.82, 2.24) is 24.6 Å². The van der Waals surface area contributed by atoms with E-state index in [-0.39, 0.29) is 24.0 Å². The minimum Gasteiger partial charge on any atom is -0.444 e. The van der Waals surface area contributed by atoms with E-state index in [1.165, 1.54) is 0 Å². The van der Waals surface area contributed by atoms with Crippen LogP contribution in [0.15, 0.2) is 12.3 Å². The van der Waals surface area contributed by atoms with Crippen molar-refractivity contribution in [2.24, 2.45) is 0 Å². The summed E-state index contributed by atoms with van der Waals surface area (Å²) in [5.41, 5.74) is 1.71. The van der Waals surface area contributed by atoms with Gasteiger partial charge in [-0.15, -0.1) is 0 Å². The number of hydrogen-bond acceptors (Lipinski definition) is 5. The number of fused-ring (bicyclic) bond motifs is 1. The van der Waals surface area contributed by atoms with E-state index in [1.807, 2.05) is 45.4 Å². The fourth-order valence-corrected chi connectivity index (χ4v) is 3.48. The average Bonchev–Trinajstić information content (AvgIpc) is 3.09. The smallest absolute Gasteiger partial charge is 0.410 e. The highest BCUT2D eigenvalue weighted by molar-refractivity contribution is 6.05. The summed E-state index contributed by atoms with van der Waals surface area (Å²) in [5.74, 6) is 0.150. The van der Waals surface area contributed by atoms with Gasteiger partial charge in [-0.3, -0.25) is 4.79 Å². The molecule has 2 amide bonds. The number of hydrogen-bond donors (Lipinski definition) is 0. The molecule has 8 nitrogen and oxygen atoms in total. The van der Waals surface area contributed by atoms with Gasteiger partial charge < -0.3 is 14.5 Å². The molecule has 30 heavy (non-hydrogen) atoms. The number of carbonyl (C=O) groups is 2. The zero-order valence-corrected chi connectivity index (χ0v) is 19.1. The summed E-state index contributed by atoms with van der Waals surface area (Å²) in [6, 6.07) is 2.04. The Balaban J connectivity index is 1.83. The maximum Gasteiger partial charge on any atom is 0.410 e. The van der Waals surface area contributed by atoms with Gasteiger partial charge in [0.25, 0.3) is 5.91 Å². The molecular formula is C22H33N5O3. The molecule has 0 spiro atoms. The molecule has 1 fully saturated rings. The van der Waals surface area contributed by atoms with Crippen LogP contribution in [0.25, 0.3) is 11.0 Å². The lowest BCUT2D eigenvalue weighted by atomic mass is 10.0. The minimum absolute atomic E-state index is 0.0450. The van der Waals surface area contributed by atoms with Crippen LogP contribution < -0.4 is 0 Å². The normalized spacial score (nSPS) is 15.4. The molecule has 0 unspecified atom stereocenters. The third kappa shape index (κ3) is 4.57. The van der Waals surface area contributed by atoms with Gasteiger partial charge in [0, 0.05) is 37.9 Å². The number of aromatic nitrogens is 3. The van der Waals surface area contributed by atoms with E-state index in [1.54, 1.807) is 16.0 Å². The Kier molecular flexibility index (Phi) is 6.06. The van der Waals surface area contributed by atoms with Crippen molar-refractivity contribution in [1.29, 1.82) is 0 Å². The van der Waals surface area contributed by atoms with Crippen LogP contribution >= 0.6 is 0 Å². The van der Waals surface area contributed by atoms with Gasteiger partial charge >= 0.3 is 6.09 Å². The van der Waals surface area contributed by atoms with E-state index >= 15 is 0 Å². The maximum absolute atomic E-state index is 13.4. The lowest BCUT2D eigenvalue weighted by Gasteiger charge is -2.35. The number of piperazine rings is 1. The summed E-state index contributed by atoms with van der Waals surface area (Å²) in [4.78, 5) is 33.9. The van der Waals surface area contributed by atoms with E-state index in [0.29, 0.717) is 31.7 Å². The highest BCUT2D eigenvalue weighted by atomic mass is 16.6. The molecule has 164 valence electrons. The van der Waals surface area contributed by atoms with Crippen molar-refractivity contribution in [3.8, 4) is 0 Å². The SMILES string of the molecule is CC(C)c1cc(C(=O)N2CCN(C(=O)OC(C)(C)C)CC2)c2cnn(C(C)C)c2n1. The highest BCUT2D eigenvalue weighted by Crippen LogP contribution is 2.26. The van der Waals surface area contributed by atoms with E-state index in [2.05, 4.69) is 18.9 Å². The second kappa shape index (κ2) is 8.24. The predicted molar refractivity (Wildman–Crippen MR) is 116 cm³/mol. The number of nitrogens with zero attached hydrogens (tertiary/aromatic N) is 5. The standard InChI is InChI=1S/C22H33N5O3/c1-14(2)18-12-16(17-13-23-27(15(3)4)19(17)24-18)20(28)25-8-10-26(11-9-25)21(29)30-22(5,6)7/h12-15H,8-11H2,1-7H3. The van der Waals surface area contributed by atoms with Crippen LogP contribution in [-0.2, 0) is 4.74 Å². The Morgan fingerprint density at radius 2 is 1.63 bits per heavy atom. The van der Waals surface area contributed by atoms with E-state index in [4.69, 9.17) is 9.72 Å². The van der Waals surface area contributed by atoms with Crippen molar-refractivity contribution >= 4 is 23.0 Å². The second-order valence-electron chi connectivity index (χ2n) is 9.43. The van der Waals surface area contributed by atoms with Crippen LogP contribution in [0, 0.1) is 0 Å². The van der Waals surface area contributed by atoms with Crippen LogP contribution in [0.1, 0.15) is 76.5 Å². The van der Waals surface area contributed by atoms with Gasteiger partial charge in [-0.25, -0.2) is 14.5 Å². The third-order valence-corrected chi connectivity index (χ3v) is 5.12. The van der Waals surface area contributed by atoms with Gasteiger partial charge in [-0.2, -0.15) is 5.10 Å². The molecule has 3 rings (SSSR count). The summed E-state index contributed by atoms with van der Waals surface area (Å²) in [6.45, 7) is 15.6. The molecule has 0 bridgehead atoms. The molecule has 0 aromatic carbocycles. The Morgan fingerprint density at radius 1 is 1.03 bits per heavy atom. The molecule has 2 aromatic rings. The second-order valence-corrected chi connectivity index (χ2v) is 9.43. The van der Waals surface area contributed by atoms with E-state index < -0.39 is 5.60 Å². The molecule has 0 radical (unpaired) electrons. The largest absolute Gasteiger partial charge is 0.444 e. The Morgan fingerprint density at radius 3 is 2.17 bits per heavy atom. The highest BCUT2D eigenvalue weighted by Gasteiger charge is 2.29. The van der Waals surface area contributed by atoms with Crippen LogP contribution in [0.3, 0.4) is 0 Å². The van der Waals surface area contributed by atoms with Crippen LogP contribution in [-0.4, -0.2) is 68.3 Å². The summed E-state index contributed by atoms with van der Waals surface area (Å²) in [6.07, 6.45) is 1.40. The lowest BCUT2D eigenvalue weighted by molar-refractivity contribution is 0.0141. The van der Waals surface area contributed by atoms with Crippen molar-refractivity contribution < 1.29 is 14.3 Å². The first-order valence-corrected chi connectivity index (χ1v) is 10.6. The number of carbonyl (C=O) groups excluding carboxylic acids is 2. The molecule has 0 aliphatic carbocycles. The zero-order valence-electron chi connectivity index (χ0n) is 19.1. The monoisotopic (exact) mass is 415 g/mol. The Hall–Kier alpha value is -2.64. The van der Waals surface area contributed by atoms with Crippen LogP contribution in [0.5, 0.6) is 0 Å². The number of ether oxygens (including phenoxy) is 1. The average molecular weight is 416 g/mol. The van der Waals surface area contributed by atoms with Gasteiger partial charge in [0.1, 0.15) is 5.60 Å². The van der Waals surface area contributed by atoms with Crippen molar-refractivity contribution in [3.63, 3.8) is 0 Å². The van der Waals surface area contributed by atoms with Crippen molar-refractivity contribution in [3.05, 3.63) is 23.5 Å². The molecule has 1 saturated heterocycles. The Bertz CT molecular complexity index is 934. The van der Waals surface area contributed by atoms with Crippen LogP contribution in [0.2, 0.25) is 0 Å². The predicted octanol–water partition coefficient (Wildman–Crippen LogP) is 3.83. The number of amides is 2. The van der Waals surface area contributed by atoms with Gasteiger partial charge in [0.05, 0.1) is 17.1 Å². The first-order chi connectivity index (χ1) is 14.0. The molecule has 1 aliphatic rings. The Labute approximate surface area is 178 Å². The number of rotatable bonds is 3. The summed E-state index contributed by atoms with van der Waals surface area (Å²) in [7, 11) is 0. The molecule has 3 heterocycles. The molecule has 2 aromatic heterocycles. The van der Waals surface area contributed by atoms with Gasteiger partial charge in [-0.1, -0.05) is 13.8 Å². The fraction of sp³-hybridized carbons (Fsp3) is 0.636. The zero-order chi connectivity index (χ0) is 22.2. The molecule has 1 aliphatic heterocycles. The lowest BCUT2D eigenvalue weighted by Crippen LogP contribution is -2.51. The summed E-state index contributed by atoms with van der Waals surface area (Å²) < 4.78 is 7.31. The summed E-state index contributed by atoms with van der Waals surface area (Å²) in [5, 5.41) is 5.24. The van der Waals surface area contributed by atoms with Crippen LogP contribution in [0.4, 0.5) is 4.79 Å². The quantitative estimate of drug-likeness (QED) is 0.761. The van der Waals surface area contributed by atoms with Gasteiger partial charge in [0.2, 0.25) is 0 Å². The number of pyridine rings is 1.